The number of anilines is 1. The molecular weight excluding hydrogens is 196 g/mol. The lowest BCUT2D eigenvalue weighted by atomic mass is 10.2. The Balaban J connectivity index is 2.08. The second-order valence-electron chi connectivity index (χ2n) is 3.24. The molecule has 0 aliphatic rings. The summed E-state index contributed by atoms with van der Waals surface area (Å²) in [6.07, 6.45) is -0.752. The summed E-state index contributed by atoms with van der Waals surface area (Å²) in [5.41, 5.74) is 2.39. The van der Waals surface area contributed by atoms with Crippen molar-refractivity contribution in [2.45, 2.75) is 6.10 Å². The lowest BCUT2D eigenvalue weighted by molar-refractivity contribution is 0.105. The Bertz CT molecular complexity index is 442. The van der Waals surface area contributed by atoms with E-state index in [-0.39, 0.29) is 6.61 Å². The van der Waals surface area contributed by atoms with Crippen molar-refractivity contribution in [2.75, 3.05) is 18.5 Å². The van der Waals surface area contributed by atoms with E-state index in [4.69, 9.17) is 10.2 Å². The first-order valence-electron chi connectivity index (χ1n) is 4.63. The van der Waals surface area contributed by atoms with E-state index in [0.29, 0.717) is 6.54 Å². The van der Waals surface area contributed by atoms with Crippen molar-refractivity contribution in [3.05, 3.63) is 18.2 Å². The van der Waals surface area contributed by atoms with Crippen LogP contribution in [0.2, 0.25) is 0 Å². The number of nitrogens with zero attached hydrogens (tertiary/aromatic N) is 2. The number of rotatable bonds is 4. The van der Waals surface area contributed by atoms with E-state index in [1.165, 1.54) is 0 Å². The van der Waals surface area contributed by atoms with Gasteiger partial charge in [0.1, 0.15) is 11.0 Å². The SMILES string of the molecule is OCC(O)CNc1ccc2n[nH]nc2c1. The van der Waals surface area contributed by atoms with Crippen molar-refractivity contribution < 1.29 is 10.2 Å². The van der Waals surface area contributed by atoms with Crippen LogP contribution in [0.15, 0.2) is 18.2 Å². The first-order chi connectivity index (χ1) is 7.29. The lowest BCUT2D eigenvalue weighted by Gasteiger charge is -2.09. The van der Waals surface area contributed by atoms with Gasteiger partial charge in [-0.05, 0) is 18.2 Å². The number of benzene rings is 1. The summed E-state index contributed by atoms with van der Waals surface area (Å²) in [6.45, 7) is 0.0546. The second kappa shape index (κ2) is 4.24. The van der Waals surface area contributed by atoms with Gasteiger partial charge in [0.25, 0.3) is 0 Å². The first-order valence-corrected chi connectivity index (χ1v) is 4.63. The summed E-state index contributed by atoms with van der Waals surface area (Å²) >= 11 is 0. The number of aliphatic hydroxyl groups excluding tert-OH is 2. The fraction of sp³-hybridized carbons (Fsp3) is 0.333. The number of H-pyrrole nitrogens is 1. The van der Waals surface area contributed by atoms with E-state index in [2.05, 4.69) is 20.7 Å². The standard InChI is InChI=1S/C9H12N4O2/c14-5-7(15)4-10-6-1-2-8-9(3-6)12-13-11-8/h1-3,7,10,14-15H,4-5H2,(H,11,12,13). The molecule has 0 saturated carbocycles. The topological polar surface area (TPSA) is 94.1 Å². The molecule has 0 amide bonds. The Labute approximate surface area is 85.9 Å². The summed E-state index contributed by atoms with van der Waals surface area (Å²) < 4.78 is 0. The summed E-state index contributed by atoms with van der Waals surface area (Å²) in [7, 11) is 0. The predicted octanol–water partition coefficient (Wildman–Crippen LogP) is -0.277. The smallest absolute Gasteiger partial charge is 0.115 e. The molecule has 80 valence electrons. The van der Waals surface area contributed by atoms with Crippen molar-refractivity contribution in [1.82, 2.24) is 15.4 Å². The molecule has 6 nitrogen and oxygen atoms in total. The zero-order valence-electron chi connectivity index (χ0n) is 8.01. The molecule has 0 radical (unpaired) electrons. The predicted molar refractivity (Wildman–Crippen MR) is 55.5 cm³/mol. The van der Waals surface area contributed by atoms with E-state index < -0.39 is 6.10 Å². The maximum absolute atomic E-state index is 9.15. The number of aromatic amines is 1. The van der Waals surface area contributed by atoms with Crippen molar-refractivity contribution in [2.24, 2.45) is 0 Å². The minimum absolute atomic E-state index is 0.251. The molecule has 0 fully saturated rings. The quantitative estimate of drug-likeness (QED) is 0.554. The van der Waals surface area contributed by atoms with Gasteiger partial charge in [-0.25, -0.2) is 0 Å². The number of hydrogen-bond donors (Lipinski definition) is 4. The average Bonchev–Trinajstić information content (AvgIpc) is 2.72. The van der Waals surface area contributed by atoms with Crippen molar-refractivity contribution >= 4 is 16.7 Å². The third-order valence-corrected chi connectivity index (χ3v) is 2.07. The van der Waals surface area contributed by atoms with Crippen LogP contribution in [0.4, 0.5) is 5.69 Å². The van der Waals surface area contributed by atoms with Crippen LogP contribution in [0.25, 0.3) is 11.0 Å². The van der Waals surface area contributed by atoms with Gasteiger partial charge in [-0.1, -0.05) is 0 Å². The lowest BCUT2D eigenvalue weighted by Crippen LogP contribution is -2.22. The third-order valence-electron chi connectivity index (χ3n) is 2.07. The molecule has 1 heterocycles. The fourth-order valence-corrected chi connectivity index (χ4v) is 1.25. The molecule has 6 heteroatoms. The number of aromatic nitrogens is 3. The highest BCUT2D eigenvalue weighted by molar-refractivity contribution is 5.77. The molecule has 2 rings (SSSR count). The highest BCUT2D eigenvalue weighted by atomic mass is 16.3. The van der Waals surface area contributed by atoms with Crippen LogP contribution >= 0.6 is 0 Å². The van der Waals surface area contributed by atoms with Gasteiger partial charge in [0.05, 0.1) is 12.7 Å². The van der Waals surface area contributed by atoms with E-state index in [9.17, 15) is 0 Å². The summed E-state index contributed by atoms with van der Waals surface area (Å²) in [5, 5.41) is 31.1. The van der Waals surface area contributed by atoms with Crippen LogP contribution in [0.5, 0.6) is 0 Å². The molecule has 0 bridgehead atoms. The molecule has 0 saturated heterocycles. The molecule has 1 aromatic carbocycles. The Morgan fingerprint density at radius 2 is 2.13 bits per heavy atom. The molecule has 1 unspecified atom stereocenters. The Hall–Kier alpha value is -1.66. The Kier molecular flexibility index (Phi) is 2.79. The average molecular weight is 208 g/mol. The molecule has 1 atom stereocenters. The number of nitrogens with one attached hydrogen (secondary N) is 2. The maximum Gasteiger partial charge on any atom is 0.115 e. The molecule has 1 aromatic heterocycles. The largest absolute Gasteiger partial charge is 0.394 e. The van der Waals surface area contributed by atoms with E-state index in [1.54, 1.807) is 0 Å². The monoisotopic (exact) mass is 208 g/mol. The minimum atomic E-state index is -0.752. The zero-order chi connectivity index (χ0) is 10.7. The molecular formula is C9H12N4O2. The fourth-order valence-electron chi connectivity index (χ4n) is 1.25. The van der Waals surface area contributed by atoms with Gasteiger partial charge >= 0.3 is 0 Å². The van der Waals surface area contributed by atoms with Gasteiger partial charge in [-0.3, -0.25) is 0 Å². The van der Waals surface area contributed by atoms with Crippen LogP contribution in [-0.2, 0) is 0 Å². The molecule has 2 aromatic rings. The Morgan fingerprint density at radius 1 is 1.33 bits per heavy atom. The van der Waals surface area contributed by atoms with Crippen LogP contribution in [-0.4, -0.2) is 44.9 Å². The van der Waals surface area contributed by atoms with Gasteiger partial charge in [0, 0.05) is 12.2 Å². The summed E-state index contributed by atoms with van der Waals surface area (Å²) in [6, 6.07) is 5.49. The van der Waals surface area contributed by atoms with Gasteiger partial charge in [0.2, 0.25) is 0 Å². The molecule has 0 spiro atoms. The molecule has 4 N–H and O–H groups in total. The van der Waals surface area contributed by atoms with E-state index >= 15 is 0 Å². The number of aliphatic hydroxyl groups is 2. The summed E-state index contributed by atoms with van der Waals surface area (Å²) in [5.74, 6) is 0. The van der Waals surface area contributed by atoms with Crippen molar-refractivity contribution in [3.63, 3.8) is 0 Å². The number of fused-ring (bicyclic) bond motifs is 1. The van der Waals surface area contributed by atoms with Gasteiger partial charge in [-0.2, -0.15) is 15.4 Å². The van der Waals surface area contributed by atoms with E-state index in [1.807, 2.05) is 18.2 Å². The highest BCUT2D eigenvalue weighted by Crippen LogP contribution is 2.14. The Morgan fingerprint density at radius 3 is 2.93 bits per heavy atom. The first kappa shape index (κ1) is 9.88. The minimum Gasteiger partial charge on any atom is -0.394 e. The summed E-state index contributed by atoms with van der Waals surface area (Å²) in [4.78, 5) is 0. The molecule has 0 aliphatic heterocycles. The van der Waals surface area contributed by atoms with Gasteiger partial charge < -0.3 is 15.5 Å². The van der Waals surface area contributed by atoms with Crippen LogP contribution in [0, 0.1) is 0 Å². The maximum atomic E-state index is 9.15. The number of hydrogen-bond acceptors (Lipinski definition) is 5. The van der Waals surface area contributed by atoms with Crippen molar-refractivity contribution in [3.8, 4) is 0 Å². The third kappa shape index (κ3) is 2.23. The van der Waals surface area contributed by atoms with E-state index in [0.717, 1.165) is 16.7 Å². The molecule has 15 heavy (non-hydrogen) atoms. The molecule has 0 aliphatic carbocycles. The van der Waals surface area contributed by atoms with Crippen LogP contribution < -0.4 is 5.32 Å². The second-order valence-corrected chi connectivity index (χ2v) is 3.24. The van der Waals surface area contributed by atoms with Crippen LogP contribution in [0.1, 0.15) is 0 Å². The van der Waals surface area contributed by atoms with Crippen molar-refractivity contribution in [1.29, 1.82) is 0 Å². The highest BCUT2D eigenvalue weighted by Gasteiger charge is 2.03. The van der Waals surface area contributed by atoms with Gasteiger partial charge in [-0.15, -0.1) is 0 Å². The van der Waals surface area contributed by atoms with Gasteiger partial charge in [0.15, 0.2) is 0 Å². The normalized spacial score (nSPS) is 12.9. The zero-order valence-corrected chi connectivity index (χ0v) is 8.01. The van der Waals surface area contributed by atoms with Crippen LogP contribution in [0.3, 0.4) is 0 Å².